The molecular formula is C20H35N3OS. The molecule has 4 nitrogen and oxygen atoms in total. The number of carbonyl (C=O) groups excluding carboxylic acids is 1. The average molecular weight is 366 g/mol. The molecule has 0 aliphatic carbocycles. The van der Waals surface area contributed by atoms with Gasteiger partial charge >= 0.3 is 0 Å². The number of primary amides is 1. The van der Waals surface area contributed by atoms with Gasteiger partial charge in [0.2, 0.25) is 5.91 Å². The Labute approximate surface area is 158 Å². The van der Waals surface area contributed by atoms with Crippen molar-refractivity contribution in [3.8, 4) is 0 Å². The number of aliphatic imine (C=N–C) groups is 1. The summed E-state index contributed by atoms with van der Waals surface area (Å²) in [5, 5.41) is 0. The average Bonchev–Trinajstić information content (AvgIpc) is 2.87. The van der Waals surface area contributed by atoms with Gasteiger partial charge in [0.1, 0.15) is 5.84 Å². The topological polar surface area (TPSA) is 58.7 Å². The number of nitrogens with zero attached hydrogens (tertiary/aromatic N) is 2. The summed E-state index contributed by atoms with van der Waals surface area (Å²) >= 11 is 4.57. The summed E-state index contributed by atoms with van der Waals surface area (Å²) in [6.07, 6.45) is 0.767. The predicted molar refractivity (Wildman–Crippen MR) is 109 cm³/mol. The number of carbonyl (C=O) groups is 1. The fraction of sp³-hybridized carbons (Fsp3) is 0.800. The van der Waals surface area contributed by atoms with E-state index in [0.717, 1.165) is 24.5 Å². The van der Waals surface area contributed by atoms with E-state index in [0.29, 0.717) is 5.75 Å². The lowest BCUT2D eigenvalue weighted by Crippen LogP contribution is -2.49. The van der Waals surface area contributed by atoms with Crippen LogP contribution in [0.2, 0.25) is 0 Å². The number of rotatable bonds is 3. The van der Waals surface area contributed by atoms with Crippen LogP contribution in [0, 0.1) is 22.2 Å². The van der Waals surface area contributed by atoms with Crippen LogP contribution in [0.5, 0.6) is 0 Å². The number of amidine groups is 1. The number of fused-ring (bicyclic) bond motifs is 1. The number of nitrogens with two attached hydrogens (primary N) is 1. The minimum absolute atomic E-state index is 0.0351. The normalized spacial score (nSPS) is 25.2. The van der Waals surface area contributed by atoms with Gasteiger partial charge in [-0.05, 0) is 22.8 Å². The maximum absolute atomic E-state index is 12.2. The van der Waals surface area contributed by atoms with E-state index >= 15 is 0 Å². The van der Waals surface area contributed by atoms with Gasteiger partial charge in [0.05, 0.1) is 12.0 Å². The van der Waals surface area contributed by atoms with E-state index in [1.54, 1.807) is 0 Å². The van der Waals surface area contributed by atoms with E-state index < -0.39 is 0 Å². The second-order valence-corrected chi connectivity index (χ2v) is 10.5. The highest BCUT2D eigenvalue weighted by molar-refractivity contribution is 7.80. The van der Waals surface area contributed by atoms with Crippen molar-refractivity contribution >= 4 is 24.4 Å². The molecule has 2 heterocycles. The third-order valence-electron chi connectivity index (χ3n) is 5.29. The molecule has 1 saturated heterocycles. The Kier molecular flexibility index (Phi) is 5.15. The van der Waals surface area contributed by atoms with Crippen LogP contribution in [0.25, 0.3) is 0 Å². The zero-order valence-corrected chi connectivity index (χ0v) is 18.0. The van der Waals surface area contributed by atoms with Crippen molar-refractivity contribution in [2.75, 3.05) is 12.3 Å². The highest BCUT2D eigenvalue weighted by atomic mass is 32.1. The monoisotopic (exact) mass is 365 g/mol. The lowest BCUT2D eigenvalue weighted by molar-refractivity contribution is -0.120. The highest BCUT2D eigenvalue weighted by Gasteiger charge is 2.49. The lowest BCUT2D eigenvalue weighted by atomic mass is 9.69. The fourth-order valence-electron chi connectivity index (χ4n) is 3.96. The molecule has 2 unspecified atom stereocenters. The summed E-state index contributed by atoms with van der Waals surface area (Å²) in [5.74, 6) is 1.31. The van der Waals surface area contributed by atoms with Crippen LogP contribution >= 0.6 is 12.6 Å². The molecule has 5 heteroatoms. The lowest BCUT2D eigenvalue weighted by Gasteiger charge is -2.46. The van der Waals surface area contributed by atoms with E-state index in [1.165, 1.54) is 5.57 Å². The molecular weight excluding hydrogens is 330 g/mol. The molecule has 142 valence electrons. The molecule has 2 rings (SSSR count). The Hall–Kier alpha value is -0.970. The van der Waals surface area contributed by atoms with Gasteiger partial charge in [0, 0.05) is 23.4 Å². The molecule has 2 atom stereocenters. The molecule has 0 spiro atoms. The molecule has 1 amide bonds. The third-order valence-corrected chi connectivity index (χ3v) is 6.08. The van der Waals surface area contributed by atoms with Crippen LogP contribution in [-0.4, -0.2) is 35.0 Å². The third kappa shape index (κ3) is 3.62. The summed E-state index contributed by atoms with van der Waals surface area (Å²) in [4.78, 5) is 19.8. The molecule has 25 heavy (non-hydrogen) atoms. The van der Waals surface area contributed by atoms with E-state index in [-0.39, 0.29) is 34.1 Å². The smallest absolute Gasteiger partial charge is 0.226 e. The minimum atomic E-state index is -0.225. The Morgan fingerprint density at radius 3 is 2.16 bits per heavy atom. The first kappa shape index (κ1) is 20.3. The summed E-state index contributed by atoms with van der Waals surface area (Å²) in [7, 11) is 0. The van der Waals surface area contributed by atoms with Gasteiger partial charge in [-0.15, -0.1) is 0 Å². The quantitative estimate of drug-likeness (QED) is 0.746. The van der Waals surface area contributed by atoms with Crippen LogP contribution in [-0.2, 0) is 4.79 Å². The molecule has 0 saturated carbocycles. The minimum Gasteiger partial charge on any atom is -0.369 e. The molecule has 0 aromatic heterocycles. The molecule has 0 aromatic rings. The number of thiol groups is 1. The van der Waals surface area contributed by atoms with Crippen LogP contribution in [0.15, 0.2) is 16.3 Å². The van der Waals surface area contributed by atoms with E-state index in [4.69, 9.17) is 10.7 Å². The van der Waals surface area contributed by atoms with Gasteiger partial charge in [0.25, 0.3) is 0 Å². The van der Waals surface area contributed by atoms with Gasteiger partial charge < -0.3 is 10.6 Å². The van der Waals surface area contributed by atoms with Crippen molar-refractivity contribution in [2.24, 2.45) is 32.9 Å². The molecule has 0 radical (unpaired) electrons. The second-order valence-electron chi connectivity index (χ2n) is 10.2. The van der Waals surface area contributed by atoms with Crippen molar-refractivity contribution in [1.29, 1.82) is 0 Å². The van der Waals surface area contributed by atoms with E-state index in [2.05, 4.69) is 72.9 Å². The summed E-state index contributed by atoms with van der Waals surface area (Å²) in [6.45, 7) is 18.5. The first-order valence-electron chi connectivity index (χ1n) is 9.22. The number of amides is 1. The van der Waals surface area contributed by atoms with Crippen molar-refractivity contribution in [2.45, 2.75) is 67.9 Å². The van der Waals surface area contributed by atoms with E-state index in [1.807, 2.05) is 0 Å². The van der Waals surface area contributed by atoms with E-state index in [9.17, 15) is 4.79 Å². The Morgan fingerprint density at radius 1 is 1.20 bits per heavy atom. The van der Waals surface area contributed by atoms with Crippen LogP contribution in [0.3, 0.4) is 0 Å². The predicted octanol–water partition coefficient (Wildman–Crippen LogP) is 3.88. The zero-order valence-electron chi connectivity index (χ0n) is 17.1. The molecule has 2 aliphatic rings. The summed E-state index contributed by atoms with van der Waals surface area (Å²) in [6, 6.07) is 0.0351. The largest absolute Gasteiger partial charge is 0.369 e. The maximum atomic E-state index is 12.2. The van der Waals surface area contributed by atoms with Crippen LogP contribution < -0.4 is 5.73 Å². The van der Waals surface area contributed by atoms with Crippen molar-refractivity contribution < 1.29 is 4.79 Å². The van der Waals surface area contributed by atoms with Crippen molar-refractivity contribution in [3.63, 3.8) is 0 Å². The molecule has 1 fully saturated rings. The summed E-state index contributed by atoms with van der Waals surface area (Å²) in [5.41, 5.74) is 7.90. The van der Waals surface area contributed by atoms with Crippen molar-refractivity contribution in [1.82, 2.24) is 4.90 Å². The molecule has 0 aromatic carbocycles. The highest BCUT2D eigenvalue weighted by Crippen LogP contribution is 2.49. The number of hydrogen-bond acceptors (Lipinski definition) is 4. The Morgan fingerprint density at radius 2 is 1.76 bits per heavy atom. The van der Waals surface area contributed by atoms with Gasteiger partial charge in [-0.1, -0.05) is 55.4 Å². The second kappa shape index (κ2) is 6.33. The van der Waals surface area contributed by atoms with Gasteiger partial charge in [0.15, 0.2) is 0 Å². The Bertz CT molecular complexity index is 620. The zero-order chi connectivity index (χ0) is 19.4. The van der Waals surface area contributed by atoms with Crippen LogP contribution in [0.1, 0.15) is 61.8 Å². The van der Waals surface area contributed by atoms with Crippen molar-refractivity contribution in [3.05, 3.63) is 11.3 Å². The maximum Gasteiger partial charge on any atom is 0.226 e. The summed E-state index contributed by atoms with van der Waals surface area (Å²) < 4.78 is 0. The molecule has 0 bridgehead atoms. The molecule has 2 N–H and O–H groups in total. The van der Waals surface area contributed by atoms with Crippen LogP contribution in [0.4, 0.5) is 0 Å². The standard InChI is InChI=1S/C20H35N3OS/c1-18(2,3)13-14-12(16(21)24)9-10-23(14)17(20(7,8)11-25)22-15(13)19(4,5)6/h12,15,25H,9-11H2,1-8H3,(H2,21,24). The Balaban J connectivity index is 2.77. The van der Waals surface area contributed by atoms with Gasteiger partial charge in [-0.3, -0.25) is 9.79 Å². The SMILES string of the molecule is CC(C)(C)C1=C2C(C(N)=O)CCN2C(C(C)(C)CS)=NC1C(C)(C)C. The first-order chi connectivity index (χ1) is 11.2. The molecule has 2 aliphatic heterocycles. The first-order valence-corrected chi connectivity index (χ1v) is 9.85. The van der Waals surface area contributed by atoms with Gasteiger partial charge in [-0.25, -0.2) is 0 Å². The van der Waals surface area contributed by atoms with Gasteiger partial charge in [-0.2, -0.15) is 12.6 Å². The fourth-order valence-corrected chi connectivity index (χ4v) is 4.10. The number of hydrogen-bond donors (Lipinski definition) is 2.